The van der Waals surface area contributed by atoms with E-state index in [1.54, 1.807) is 0 Å². The van der Waals surface area contributed by atoms with Crippen LogP contribution in [0, 0.1) is 20.8 Å². The minimum Gasteiger partial charge on any atom is -0.494 e. The van der Waals surface area contributed by atoms with Crippen LogP contribution in [-0.2, 0) is 6.54 Å². The molecule has 0 bridgehead atoms. The van der Waals surface area contributed by atoms with E-state index in [4.69, 9.17) is 14.3 Å². The largest absolute Gasteiger partial charge is 0.494 e. The fraction of sp³-hybridized carbons (Fsp3) is 0.200. The molecule has 0 aliphatic carbocycles. The Morgan fingerprint density at radius 2 is 1.78 bits per heavy atom. The Morgan fingerprint density at radius 3 is 2.50 bits per heavy atom. The van der Waals surface area contributed by atoms with Crippen molar-refractivity contribution in [3.8, 4) is 22.7 Å². The average molecular weight is 480 g/mol. The summed E-state index contributed by atoms with van der Waals surface area (Å²) in [6.07, 6.45) is 1.96. The number of aryl methyl sites for hydroxylation is 3. The molecular weight excluding hydrogens is 450 g/mol. The van der Waals surface area contributed by atoms with Gasteiger partial charge in [0.05, 0.1) is 18.0 Å². The number of benzene rings is 3. The fourth-order valence-electron chi connectivity index (χ4n) is 4.63. The molecule has 0 aliphatic heterocycles. The molecule has 5 rings (SSSR count). The van der Waals surface area contributed by atoms with Gasteiger partial charge in [-0.1, -0.05) is 24.3 Å². The molecule has 0 atom stereocenters. The van der Waals surface area contributed by atoms with Gasteiger partial charge >= 0.3 is 0 Å². The molecule has 2 heterocycles. The molecule has 0 radical (unpaired) electrons. The van der Waals surface area contributed by atoms with Crippen molar-refractivity contribution in [2.24, 2.45) is 0 Å². The van der Waals surface area contributed by atoms with E-state index in [0.717, 1.165) is 55.9 Å². The normalized spacial score (nSPS) is 11.1. The SMILES string of the molecule is CCOc1ccc(-c2nn(-c3ccccc3)cc2CNC(=O)c2oc3cc(C)cc(C)c3c2C)cc1. The summed E-state index contributed by atoms with van der Waals surface area (Å²) >= 11 is 0. The van der Waals surface area contributed by atoms with Crippen molar-refractivity contribution in [1.29, 1.82) is 0 Å². The maximum Gasteiger partial charge on any atom is 0.287 e. The van der Waals surface area contributed by atoms with E-state index in [2.05, 4.69) is 11.4 Å². The van der Waals surface area contributed by atoms with Crippen LogP contribution in [0.15, 0.2) is 77.3 Å². The summed E-state index contributed by atoms with van der Waals surface area (Å²) < 4.78 is 13.4. The maximum absolute atomic E-state index is 13.2. The van der Waals surface area contributed by atoms with Crippen molar-refractivity contribution < 1.29 is 13.9 Å². The number of hydrogen-bond acceptors (Lipinski definition) is 4. The van der Waals surface area contributed by atoms with E-state index in [1.807, 2.05) is 99.2 Å². The number of para-hydroxylation sites is 1. The summed E-state index contributed by atoms with van der Waals surface area (Å²) in [5.74, 6) is 0.909. The lowest BCUT2D eigenvalue weighted by Crippen LogP contribution is -2.23. The van der Waals surface area contributed by atoms with Crippen LogP contribution in [0.2, 0.25) is 0 Å². The maximum atomic E-state index is 13.2. The topological polar surface area (TPSA) is 69.3 Å². The van der Waals surface area contributed by atoms with E-state index in [0.29, 0.717) is 18.9 Å². The molecule has 36 heavy (non-hydrogen) atoms. The fourth-order valence-corrected chi connectivity index (χ4v) is 4.63. The molecule has 182 valence electrons. The smallest absolute Gasteiger partial charge is 0.287 e. The van der Waals surface area contributed by atoms with Crippen molar-refractivity contribution in [3.63, 3.8) is 0 Å². The summed E-state index contributed by atoms with van der Waals surface area (Å²) in [6, 6.07) is 21.8. The zero-order chi connectivity index (χ0) is 25.2. The first-order valence-corrected chi connectivity index (χ1v) is 12.1. The number of carbonyl (C=O) groups excluding carboxylic acids is 1. The van der Waals surface area contributed by atoms with E-state index in [1.165, 1.54) is 0 Å². The Kier molecular flexibility index (Phi) is 6.34. The summed E-state index contributed by atoms with van der Waals surface area (Å²) in [5, 5.41) is 8.90. The number of furan rings is 1. The number of aromatic nitrogens is 2. The second-order valence-electron chi connectivity index (χ2n) is 8.93. The molecular formula is C30H29N3O3. The molecule has 0 saturated carbocycles. The lowest BCUT2D eigenvalue weighted by molar-refractivity contribution is 0.0924. The van der Waals surface area contributed by atoms with Gasteiger partial charge < -0.3 is 14.5 Å². The Labute approximate surface area is 210 Å². The van der Waals surface area contributed by atoms with Crippen LogP contribution in [0.4, 0.5) is 0 Å². The van der Waals surface area contributed by atoms with Crippen molar-refractivity contribution in [2.45, 2.75) is 34.2 Å². The summed E-state index contributed by atoms with van der Waals surface area (Å²) in [6.45, 7) is 8.88. The standard InChI is InChI=1S/C30H29N3O3/c1-5-35-25-13-11-22(12-14-25)28-23(18-33(32-28)24-9-7-6-8-10-24)17-31-30(34)29-21(4)27-20(3)15-19(2)16-26(27)36-29/h6-16,18H,5,17H2,1-4H3,(H,31,34). The highest BCUT2D eigenvalue weighted by molar-refractivity contribution is 6.00. The molecule has 1 amide bonds. The molecule has 0 aliphatic rings. The first-order valence-electron chi connectivity index (χ1n) is 12.1. The van der Waals surface area contributed by atoms with Crippen molar-refractivity contribution in [1.82, 2.24) is 15.1 Å². The van der Waals surface area contributed by atoms with E-state index >= 15 is 0 Å². The molecule has 0 fully saturated rings. The third-order valence-corrected chi connectivity index (χ3v) is 6.27. The average Bonchev–Trinajstić information content (AvgIpc) is 3.45. The van der Waals surface area contributed by atoms with Gasteiger partial charge in [0.15, 0.2) is 5.76 Å². The van der Waals surface area contributed by atoms with Crippen molar-refractivity contribution in [2.75, 3.05) is 6.61 Å². The van der Waals surface area contributed by atoms with Gasteiger partial charge in [-0.25, -0.2) is 4.68 Å². The highest BCUT2D eigenvalue weighted by Gasteiger charge is 2.20. The monoisotopic (exact) mass is 479 g/mol. The predicted octanol–water partition coefficient (Wildman–Crippen LogP) is 6.54. The minimum absolute atomic E-state index is 0.245. The van der Waals surface area contributed by atoms with Crippen LogP contribution in [-0.4, -0.2) is 22.3 Å². The van der Waals surface area contributed by atoms with Gasteiger partial charge in [-0.15, -0.1) is 0 Å². The Bertz CT molecular complexity index is 1530. The number of rotatable bonds is 7. The van der Waals surface area contributed by atoms with Gasteiger partial charge in [-0.3, -0.25) is 4.79 Å². The van der Waals surface area contributed by atoms with Crippen LogP contribution >= 0.6 is 0 Å². The number of carbonyl (C=O) groups is 1. The van der Waals surface area contributed by atoms with Gasteiger partial charge in [0, 0.05) is 34.8 Å². The van der Waals surface area contributed by atoms with Gasteiger partial charge in [-0.05, 0) is 81.3 Å². The molecule has 3 aromatic carbocycles. The molecule has 0 spiro atoms. The number of nitrogens with one attached hydrogen (secondary N) is 1. The predicted molar refractivity (Wildman–Crippen MR) is 142 cm³/mol. The van der Waals surface area contributed by atoms with Crippen molar-refractivity contribution >= 4 is 16.9 Å². The van der Waals surface area contributed by atoms with E-state index in [9.17, 15) is 4.79 Å². The summed E-state index contributed by atoms with van der Waals surface area (Å²) in [5.41, 5.74) is 7.40. The third kappa shape index (κ3) is 4.50. The minimum atomic E-state index is -0.245. The first kappa shape index (κ1) is 23.4. The van der Waals surface area contributed by atoms with Crippen LogP contribution < -0.4 is 10.1 Å². The third-order valence-electron chi connectivity index (χ3n) is 6.27. The number of fused-ring (bicyclic) bond motifs is 1. The Balaban J connectivity index is 1.46. The summed E-state index contributed by atoms with van der Waals surface area (Å²) in [4.78, 5) is 13.2. The highest BCUT2D eigenvalue weighted by Crippen LogP contribution is 2.30. The van der Waals surface area contributed by atoms with Crippen LogP contribution in [0.1, 0.15) is 39.7 Å². The van der Waals surface area contributed by atoms with Gasteiger partial charge in [0.2, 0.25) is 0 Å². The van der Waals surface area contributed by atoms with E-state index in [-0.39, 0.29) is 5.91 Å². The van der Waals surface area contributed by atoms with Gasteiger partial charge in [-0.2, -0.15) is 5.10 Å². The van der Waals surface area contributed by atoms with E-state index < -0.39 is 0 Å². The summed E-state index contributed by atoms with van der Waals surface area (Å²) in [7, 11) is 0. The van der Waals surface area contributed by atoms with Crippen LogP contribution in [0.3, 0.4) is 0 Å². The molecule has 6 heteroatoms. The zero-order valence-corrected chi connectivity index (χ0v) is 21.0. The second kappa shape index (κ2) is 9.74. The number of amides is 1. The molecule has 0 unspecified atom stereocenters. The Hall–Kier alpha value is -4.32. The lowest BCUT2D eigenvalue weighted by atomic mass is 10.0. The molecule has 0 saturated heterocycles. The highest BCUT2D eigenvalue weighted by atomic mass is 16.5. The zero-order valence-electron chi connectivity index (χ0n) is 21.0. The lowest BCUT2D eigenvalue weighted by Gasteiger charge is -2.06. The second-order valence-corrected chi connectivity index (χ2v) is 8.93. The first-order chi connectivity index (χ1) is 17.4. The van der Waals surface area contributed by atoms with Crippen LogP contribution in [0.5, 0.6) is 5.75 Å². The quantitative estimate of drug-likeness (QED) is 0.288. The van der Waals surface area contributed by atoms with Crippen molar-refractivity contribution in [3.05, 3.63) is 101 Å². The Morgan fingerprint density at radius 1 is 1.03 bits per heavy atom. The number of hydrogen-bond donors (Lipinski definition) is 1. The number of nitrogens with zero attached hydrogens (tertiary/aromatic N) is 2. The van der Waals surface area contributed by atoms with Gasteiger partial charge in [0.1, 0.15) is 11.3 Å². The molecule has 6 nitrogen and oxygen atoms in total. The van der Waals surface area contributed by atoms with Gasteiger partial charge in [0.25, 0.3) is 5.91 Å². The number of ether oxygens (including phenoxy) is 1. The molecule has 5 aromatic rings. The molecule has 1 N–H and O–H groups in total. The molecule has 2 aromatic heterocycles. The van der Waals surface area contributed by atoms with Crippen LogP contribution in [0.25, 0.3) is 27.9 Å².